The molecule has 0 fully saturated rings. The molecule has 5 rings (SSSR count). The second-order valence-electron chi connectivity index (χ2n) is 9.21. The molecule has 1 aliphatic rings. The summed E-state index contributed by atoms with van der Waals surface area (Å²) in [5.41, 5.74) is 5.64. The second kappa shape index (κ2) is 10.2. The second-order valence-corrected chi connectivity index (χ2v) is 11.1. The van der Waals surface area contributed by atoms with Gasteiger partial charge in [0, 0.05) is 6.54 Å². The Morgan fingerprint density at radius 2 is 1.62 bits per heavy atom. The van der Waals surface area contributed by atoms with Gasteiger partial charge in [0.05, 0.1) is 11.3 Å². The molecule has 0 unspecified atom stereocenters. The molecule has 1 N–H and O–H groups in total. The molecular formula is C30H28N2O4S. The van der Waals surface area contributed by atoms with Crippen LogP contribution in [0.1, 0.15) is 44.3 Å². The van der Waals surface area contributed by atoms with E-state index in [1.165, 1.54) is 4.31 Å². The van der Waals surface area contributed by atoms with Crippen LogP contribution < -0.4 is 5.32 Å². The van der Waals surface area contributed by atoms with E-state index in [1.807, 2.05) is 68.4 Å². The van der Waals surface area contributed by atoms with Gasteiger partial charge < -0.3 is 10.1 Å². The highest BCUT2D eigenvalue weighted by Crippen LogP contribution is 2.39. The quantitative estimate of drug-likeness (QED) is 0.322. The normalized spacial score (nSPS) is 16.4. The first kappa shape index (κ1) is 24.7. The number of hydrogen-bond donors (Lipinski definition) is 1. The Hall–Kier alpha value is -3.94. The molecular weight excluding hydrogens is 484 g/mol. The first-order chi connectivity index (χ1) is 17.8. The number of nitrogens with zero attached hydrogens (tertiary/aromatic N) is 1. The first-order valence-corrected chi connectivity index (χ1v) is 13.5. The van der Waals surface area contributed by atoms with Gasteiger partial charge in [-0.15, -0.1) is 0 Å². The van der Waals surface area contributed by atoms with Crippen molar-refractivity contribution in [3.8, 4) is 0 Å². The molecule has 37 heavy (non-hydrogen) atoms. The van der Waals surface area contributed by atoms with Crippen LogP contribution in [0.5, 0.6) is 0 Å². The van der Waals surface area contributed by atoms with Gasteiger partial charge in [-0.3, -0.25) is 0 Å². The van der Waals surface area contributed by atoms with Gasteiger partial charge in [-0.1, -0.05) is 78.4 Å². The van der Waals surface area contributed by atoms with Crippen LogP contribution in [0.15, 0.2) is 102 Å². The molecule has 1 aliphatic heterocycles. The van der Waals surface area contributed by atoms with Crippen molar-refractivity contribution in [1.29, 1.82) is 0 Å². The zero-order valence-corrected chi connectivity index (χ0v) is 21.5. The van der Waals surface area contributed by atoms with E-state index >= 15 is 0 Å². The molecule has 6 nitrogen and oxygen atoms in total. The zero-order chi connectivity index (χ0) is 26.0. The lowest BCUT2D eigenvalue weighted by molar-refractivity contribution is 0.0472. The summed E-state index contributed by atoms with van der Waals surface area (Å²) < 4.78 is 34.4. The maximum atomic E-state index is 13.7. The highest BCUT2D eigenvalue weighted by atomic mass is 32.2. The summed E-state index contributed by atoms with van der Waals surface area (Å²) in [6.07, 6.45) is -0.642. The van der Waals surface area contributed by atoms with Gasteiger partial charge in [0.2, 0.25) is 10.0 Å². The average molecular weight is 513 g/mol. The fraction of sp³-hybridized carbons (Fsp3) is 0.167. The Morgan fingerprint density at radius 1 is 0.892 bits per heavy atom. The highest BCUT2D eigenvalue weighted by molar-refractivity contribution is 7.89. The highest BCUT2D eigenvalue weighted by Gasteiger charge is 2.39. The van der Waals surface area contributed by atoms with Crippen LogP contribution in [0.2, 0.25) is 0 Å². The van der Waals surface area contributed by atoms with Gasteiger partial charge in [0.1, 0.15) is 17.7 Å². The van der Waals surface area contributed by atoms with E-state index in [0.29, 0.717) is 11.3 Å². The molecule has 0 spiro atoms. The third-order valence-electron chi connectivity index (χ3n) is 6.56. The largest absolute Gasteiger partial charge is 0.457 e. The summed E-state index contributed by atoms with van der Waals surface area (Å²) in [5.74, 6) is -0.431. The first-order valence-electron chi connectivity index (χ1n) is 12.1. The van der Waals surface area contributed by atoms with Crippen molar-refractivity contribution in [3.05, 3.63) is 130 Å². The molecule has 4 aromatic carbocycles. The molecule has 4 aromatic rings. The van der Waals surface area contributed by atoms with E-state index < -0.39 is 22.2 Å². The molecule has 0 saturated heterocycles. The van der Waals surface area contributed by atoms with Gasteiger partial charge in [-0.05, 0) is 60.4 Å². The van der Waals surface area contributed by atoms with E-state index in [2.05, 4.69) is 5.32 Å². The maximum Gasteiger partial charge on any atom is 0.338 e. The van der Waals surface area contributed by atoms with Crippen molar-refractivity contribution in [1.82, 2.24) is 4.31 Å². The van der Waals surface area contributed by atoms with Crippen molar-refractivity contribution >= 4 is 21.7 Å². The standard InChI is InChI=1S/C30H28N2O4S/c1-21-8-7-10-23(18-21)20-36-30(33)25-16-14-24(15-17-25)29-31-27-12-5-6-13-28(27)37(34,35)32(29)19-26-11-4-3-9-22(26)2/h3-18,29,31H,19-20H2,1-2H3/t29-/m0/s1. The molecule has 0 aliphatic carbocycles. The van der Waals surface area contributed by atoms with Gasteiger partial charge >= 0.3 is 5.97 Å². The number of hydrogen-bond acceptors (Lipinski definition) is 5. The van der Waals surface area contributed by atoms with Crippen molar-refractivity contribution in [2.24, 2.45) is 0 Å². The molecule has 0 saturated carbocycles. The van der Waals surface area contributed by atoms with Crippen molar-refractivity contribution in [3.63, 3.8) is 0 Å². The van der Waals surface area contributed by atoms with Gasteiger partial charge in [0.25, 0.3) is 0 Å². The summed E-state index contributed by atoms with van der Waals surface area (Å²) >= 11 is 0. The van der Waals surface area contributed by atoms with Crippen molar-refractivity contribution < 1.29 is 17.9 Å². The monoisotopic (exact) mass is 512 g/mol. The summed E-state index contributed by atoms with van der Waals surface area (Å²) in [5, 5.41) is 3.39. The minimum Gasteiger partial charge on any atom is -0.457 e. The number of benzene rings is 4. The Morgan fingerprint density at radius 3 is 2.38 bits per heavy atom. The molecule has 0 bridgehead atoms. The number of aryl methyl sites for hydroxylation is 2. The van der Waals surface area contributed by atoms with Crippen LogP contribution in [0.25, 0.3) is 0 Å². The number of carbonyl (C=O) groups excluding carboxylic acids is 1. The minimum absolute atomic E-state index is 0.186. The lowest BCUT2D eigenvalue weighted by Crippen LogP contribution is -2.42. The number of nitrogens with one attached hydrogen (secondary N) is 1. The van der Waals surface area contributed by atoms with Crippen LogP contribution in [0.4, 0.5) is 5.69 Å². The summed E-state index contributed by atoms with van der Waals surface area (Å²) in [6.45, 7) is 4.36. The Kier molecular flexibility index (Phi) is 6.82. The van der Waals surface area contributed by atoms with E-state index in [4.69, 9.17) is 4.74 Å². The van der Waals surface area contributed by atoms with Crippen molar-refractivity contribution in [2.45, 2.75) is 38.1 Å². The number of ether oxygens (including phenoxy) is 1. The third kappa shape index (κ3) is 5.14. The molecule has 188 valence electrons. The maximum absolute atomic E-state index is 13.7. The van der Waals surface area contributed by atoms with Gasteiger partial charge in [-0.25, -0.2) is 13.2 Å². The zero-order valence-electron chi connectivity index (χ0n) is 20.7. The SMILES string of the molecule is Cc1cccc(COC(=O)c2ccc([C@H]3Nc4ccccc4S(=O)(=O)N3Cc3ccccc3C)cc2)c1. The molecule has 1 heterocycles. The summed E-state index contributed by atoms with van der Waals surface area (Å²) in [6, 6.07) is 29.4. The van der Waals surface area contributed by atoms with Gasteiger partial charge in [-0.2, -0.15) is 4.31 Å². The summed E-state index contributed by atoms with van der Waals surface area (Å²) in [4.78, 5) is 12.9. The van der Waals surface area contributed by atoms with Crippen molar-refractivity contribution in [2.75, 3.05) is 5.32 Å². The number of sulfonamides is 1. The van der Waals surface area contributed by atoms with E-state index in [9.17, 15) is 13.2 Å². The van der Waals surface area contributed by atoms with E-state index in [1.54, 1.807) is 42.5 Å². The Bertz CT molecular complexity index is 1550. The lowest BCUT2D eigenvalue weighted by atomic mass is 10.1. The number of rotatable bonds is 6. The predicted molar refractivity (Wildman–Crippen MR) is 143 cm³/mol. The average Bonchev–Trinajstić information content (AvgIpc) is 2.90. The molecule has 0 amide bonds. The number of fused-ring (bicyclic) bond motifs is 1. The van der Waals surface area contributed by atoms with E-state index in [0.717, 1.165) is 27.8 Å². The Balaban J connectivity index is 1.42. The van der Waals surface area contributed by atoms with Crippen LogP contribution in [0.3, 0.4) is 0 Å². The fourth-order valence-electron chi connectivity index (χ4n) is 4.51. The van der Waals surface area contributed by atoms with E-state index in [-0.39, 0.29) is 18.0 Å². The molecule has 7 heteroatoms. The number of esters is 1. The smallest absolute Gasteiger partial charge is 0.338 e. The van der Waals surface area contributed by atoms with Crippen LogP contribution in [-0.2, 0) is 27.9 Å². The van der Waals surface area contributed by atoms with Crippen LogP contribution >= 0.6 is 0 Å². The number of anilines is 1. The van der Waals surface area contributed by atoms with Gasteiger partial charge in [0.15, 0.2) is 0 Å². The predicted octanol–water partition coefficient (Wildman–Crippen LogP) is 5.98. The molecule has 0 aromatic heterocycles. The number of carbonyl (C=O) groups is 1. The number of para-hydroxylation sites is 1. The topological polar surface area (TPSA) is 75.7 Å². The summed E-state index contributed by atoms with van der Waals surface area (Å²) in [7, 11) is -3.79. The molecule has 1 atom stereocenters. The minimum atomic E-state index is -3.79. The lowest BCUT2D eigenvalue weighted by Gasteiger charge is -2.37. The third-order valence-corrected chi connectivity index (χ3v) is 8.43. The Labute approximate surface area is 217 Å². The fourth-order valence-corrected chi connectivity index (χ4v) is 6.18. The van der Waals surface area contributed by atoms with Crippen LogP contribution in [0, 0.1) is 13.8 Å². The molecule has 0 radical (unpaired) electrons. The van der Waals surface area contributed by atoms with Crippen LogP contribution in [-0.4, -0.2) is 18.7 Å².